The summed E-state index contributed by atoms with van der Waals surface area (Å²) in [4.78, 5) is 23.5. The molecule has 114 valence electrons. The molecular weight excluding hydrogens is 268 g/mol. The van der Waals surface area contributed by atoms with Crippen molar-refractivity contribution in [1.29, 1.82) is 0 Å². The van der Waals surface area contributed by atoms with Crippen LogP contribution in [-0.2, 0) is 4.79 Å². The minimum Gasteiger partial charge on any atom is -0.456 e. The summed E-state index contributed by atoms with van der Waals surface area (Å²) in [5.41, 5.74) is 6.10. The lowest BCUT2D eigenvalue weighted by Gasteiger charge is -2.16. The quantitative estimate of drug-likeness (QED) is 0.756. The number of rotatable bonds is 7. The van der Waals surface area contributed by atoms with Gasteiger partial charge in [-0.25, -0.2) is 0 Å². The van der Waals surface area contributed by atoms with Crippen molar-refractivity contribution in [3.05, 3.63) is 41.9 Å². The molecule has 0 spiro atoms. The van der Waals surface area contributed by atoms with E-state index in [2.05, 4.69) is 11.9 Å². The van der Waals surface area contributed by atoms with Crippen molar-refractivity contribution < 1.29 is 14.0 Å². The van der Waals surface area contributed by atoms with Gasteiger partial charge in [-0.3, -0.25) is 9.59 Å². The predicted molar refractivity (Wildman–Crippen MR) is 82.6 cm³/mol. The van der Waals surface area contributed by atoms with E-state index in [1.165, 1.54) is 0 Å². The first-order valence-corrected chi connectivity index (χ1v) is 6.84. The van der Waals surface area contributed by atoms with Crippen molar-refractivity contribution in [1.82, 2.24) is 5.32 Å². The number of carbonyl (C=O) groups excluding carboxylic acids is 2. The molecule has 0 bridgehead atoms. The third-order valence-electron chi connectivity index (χ3n) is 2.95. The molecular formula is C16H22N2O3. The first-order valence-electron chi connectivity index (χ1n) is 6.84. The lowest BCUT2D eigenvalue weighted by molar-refractivity contribution is -0.120. The molecule has 0 aromatic carbocycles. The highest BCUT2D eigenvalue weighted by molar-refractivity contribution is 5.95. The number of primary amides is 1. The van der Waals surface area contributed by atoms with Crippen LogP contribution >= 0.6 is 0 Å². The van der Waals surface area contributed by atoms with E-state index in [0.717, 1.165) is 5.56 Å². The second kappa shape index (κ2) is 7.47. The molecule has 1 aromatic rings. The highest BCUT2D eigenvalue weighted by Gasteiger charge is 2.22. The molecule has 1 unspecified atom stereocenters. The van der Waals surface area contributed by atoms with Crippen molar-refractivity contribution in [3.63, 3.8) is 0 Å². The third-order valence-corrected chi connectivity index (χ3v) is 2.95. The van der Waals surface area contributed by atoms with Gasteiger partial charge < -0.3 is 15.5 Å². The van der Waals surface area contributed by atoms with Crippen LogP contribution in [0.1, 0.15) is 42.1 Å². The summed E-state index contributed by atoms with van der Waals surface area (Å²) in [5, 5.41) is 2.61. The molecule has 0 aliphatic heterocycles. The molecule has 1 aromatic heterocycles. The Kier molecular flexibility index (Phi) is 5.96. The summed E-state index contributed by atoms with van der Waals surface area (Å²) in [6, 6.07) is 0.924. The van der Waals surface area contributed by atoms with E-state index < -0.39 is 17.9 Å². The Labute approximate surface area is 124 Å². The van der Waals surface area contributed by atoms with Gasteiger partial charge in [0.15, 0.2) is 5.76 Å². The van der Waals surface area contributed by atoms with Gasteiger partial charge >= 0.3 is 0 Å². The van der Waals surface area contributed by atoms with Crippen LogP contribution in [0.3, 0.4) is 0 Å². The van der Waals surface area contributed by atoms with Gasteiger partial charge in [0.2, 0.25) is 5.91 Å². The lowest BCUT2D eigenvalue weighted by atomic mass is 10.0. The van der Waals surface area contributed by atoms with Crippen LogP contribution in [-0.4, -0.2) is 17.9 Å². The Morgan fingerprint density at radius 2 is 2.14 bits per heavy atom. The van der Waals surface area contributed by atoms with Gasteiger partial charge in [0.05, 0.1) is 0 Å². The summed E-state index contributed by atoms with van der Waals surface area (Å²) in [7, 11) is 0. The van der Waals surface area contributed by atoms with Crippen LogP contribution in [0.5, 0.6) is 0 Å². The lowest BCUT2D eigenvalue weighted by Crippen LogP contribution is -2.45. The normalized spacial score (nSPS) is 12.6. The van der Waals surface area contributed by atoms with E-state index in [9.17, 15) is 9.59 Å². The number of carbonyl (C=O) groups is 2. The molecule has 0 fully saturated rings. The van der Waals surface area contributed by atoms with Gasteiger partial charge in [-0.2, -0.15) is 0 Å². The largest absolute Gasteiger partial charge is 0.456 e. The van der Waals surface area contributed by atoms with Crippen LogP contribution in [0, 0.1) is 12.8 Å². The fourth-order valence-corrected chi connectivity index (χ4v) is 1.89. The first kappa shape index (κ1) is 16.8. The van der Waals surface area contributed by atoms with E-state index in [0.29, 0.717) is 12.2 Å². The van der Waals surface area contributed by atoms with Gasteiger partial charge in [0, 0.05) is 5.56 Å². The fourth-order valence-electron chi connectivity index (χ4n) is 1.89. The maximum Gasteiger partial charge on any atom is 0.287 e. The average Bonchev–Trinajstić information content (AvgIpc) is 2.76. The number of nitrogens with one attached hydrogen (secondary N) is 1. The smallest absolute Gasteiger partial charge is 0.287 e. The molecule has 21 heavy (non-hydrogen) atoms. The second-order valence-corrected chi connectivity index (χ2v) is 5.27. The molecule has 0 radical (unpaired) electrons. The zero-order valence-electron chi connectivity index (χ0n) is 12.7. The van der Waals surface area contributed by atoms with Crippen LogP contribution in [0.25, 0.3) is 6.08 Å². The van der Waals surface area contributed by atoms with Crippen LogP contribution in [0.4, 0.5) is 0 Å². The topological polar surface area (TPSA) is 85.3 Å². The van der Waals surface area contributed by atoms with Gasteiger partial charge in [-0.15, -0.1) is 0 Å². The van der Waals surface area contributed by atoms with Crippen molar-refractivity contribution in [3.8, 4) is 0 Å². The van der Waals surface area contributed by atoms with Gasteiger partial charge in [-0.05, 0) is 25.3 Å². The number of furan rings is 1. The average molecular weight is 290 g/mol. The number of hydrogen-bond donors (Lipinski definition) is 2. The molecule has 0 aliphatic carbocycles. The van der Waals surface area contributed by atoms with Crippen LogP contribution < -0.4 is 11.1 Å². The van der Waals surface area contributed by atoms with Crippen molar-refractivity contribution in [2.45, 2.75) is 33.2 Å². The summed E-state index contributed by atoms with van der Waals surface area (Å²) in [6.45, 7) is 9.26. The highest BCUT2D eigenvalue weighted by atomic mass is 16.3. The summed E-state index contributed by atoms with van der Waals surface area (Å²) < 4.78 is 5.41. The minimum absolute atomic E-state index is 0.159. The molecule has 0 saturated heterocycles. The molecule has 1 atom stereocenters. The predicted octanol–water partition coefficient (Wildman–Crippen LogP) is 2.42. The molecule has 0 aliphatic rings. The van der Waals surface area contributed by atoms with Crippen molar-refractivity contribution >= 4 is 17.9 Å². The SMILES string of the molecule is C=C/C=C\c1cc(C(=O)NC(CC(C)C)C(N)=O)oc1C. The maximum atomic E-state index is 12.1. The van der Waals surface area contributed by atoms with Crippen LogP contribution in [0.2, 0.25) is 0 Å². The molecule has 1 heterocycles. The summed E-state index contributed by atoms with van der Waals surface area (Å²) in [6.07, 6.45) is 5.68. The van der Waals surface area contributed by atoms with E-state index in [4.69, 9.17) is 10.2 Å². The molecule has 5 nitrogen and oxygen atoms in total. The Morgan fingerprint density at radius 3 is 2.67 bits per heavy atom. The van der Waals surface area contributed by atoms with Gasteiger partial charge in [-0.1, -0.05) is 38.7 Å². The van der Waals surface area contributed by atoms with E-state index >= 15 is 0 Å². The molecule has 3 N–H and O–H groups in total. The number of amides is 2. The van der Waals surface area contributed by atoms with E-state index in [-0.39, 0.29) is 11.7 Å². The minimum atomic E-state index is -0.699. The van der Waals surface area contributed by atoms with E-state index in [1.807, 2.05) is 13.8 Å². The van der Waals surface area contributed by atoms with Crippen LogP contribution in [0.15, 0.2) is 29.2 Å². The number of allylic oxidation sites excluding steroid dienone is 2. The molecule has 2 amide bonds. The van der Waals surface area contributed by atoms with Crippen molar-refractivity contribution in [2.75, 3.05) is 0 Å². The molecule has 0 saturated carbocycles. The monoisotopic (exact) mass is 290 g/mol. The van der Waals surface area contributed by atoms with Gasteiger partial charge in [0.25, 0.3) is 5.91 Å². The standard InChI is InChI=1S/C16H22N2O3/c1-5-6-7-12-9-14(21-11(12)4)16(20)18-13(15(17)19)8-10(2)3/h5-7,9-10,13H,1,8H2,2-4H3,(H2,17,19)(H,18,20)/b7-6-. The second-order valence-electron chi connectivity index (χ2n) is 5.27. The molecule has 1 rings (SSSR count). The maximum absolute atomic E-state index is 12.1. The number of nitrogens with two attached hydrogens (primary N) is 1. The summed E-state index contributed by atoms with van der Waals surface area (Å²) in [5.74, 6) is 0.0316. The summed E-state index contributed by atoms with van der Waals surface area (Å²) >= 11 is 0. The highest BCUT2D eigenvalue weighted by Crippen LogP contribution is 2.17. The Balaban J connectivity index is 2.85. The molecule has 5 heteroatoms. The third kappa shape index (κ3) is 4.95. The first-order chi connectivity index (χ1) is 9.85. The van der Waals surface area contributed by atoms with Gasteiger partial charge in [0.1, 0.15) is 11.8 Å². The zero-order chi connectivity index (χ0) is 16.0. The van der Waals surface area contributed by atoms with Crippen molar-refractivity contribution in [2.24, 2.45) is 11.7 Å². The number of aryl methyl sites for hydroxylation is 1. The fraction of sp³-hybridized carbons (Fsp3) is 0.375. The Morgan fingerprint density at radius 1 is 1.48 bits per heavy atom. The Bertz CT molecular complexity index is 556. The Hall–Kier alpha value is -2.30. The van der Waals surface area contributed by atoms with E-state index in [1.54, 1.807) is 31.2 Å². The number of hydrogen-bond acceptors (Lipinski definition) is 3. The zero-order valence-corrected chi connectivity index (χ0v) is 12.7.